The summed E-state index contributed by atoms with van der Waals surface area (Å²) in [7, 11) is 0. The van der Waals surface area contributed by atoms with Gasteiger partial charge in [0.2, 0.25) is 0 Å². The van der Waals surface area contributed by atoms with Gasteiger partial charge in [-0.2, -0.15) is 10.2 Å². The van der Waals surface area contributed by atoms with Gasteiger partial charge in [-0.15, -0.1) is 5.10 Å². The summed E-state index contributed by atoms with van der Waals surface area (Å²) in [5, 5.41) is 15.0. The summed E-state index contributed by atoms with van der Waals surface area (Å²) in [6.07, 6.45) is 2.12. The second kappa shape index (κ2) is 8.43. The van der Waals surface area contributed by atoms with Crippen molar-refractivity contribution in [2.24, 2.45) is 0 Å². The van der Waals surface area contributed by atoms with Gasteiger partial charge in [-0.3, -0.25) is 9.36 Å². The second-order valence-electron chi connectivity index (χ2n) is 7.60. The van der Waals surface area contributed by atoms with Crippen LogP contribution in [0.25, 0.3) is 22.5 Å². The number of alkyl halides is 2. The van der Waals surface area contributed by atoms with Crippen LogP contribution in [0.15, 0.2) is 61.2 Å². The molecule has 1 N–H and O–H groups in total. The van der Waals surface area contributed by atoms with Gasteiger partial charge in [0, 0.05) is 17.5 Å². The molecule has 0 bridgehead atoms. The highest BCUT2D eigenvalue weighted by atomic mass is 19.3. The van der Waals surface area contributed by atoms with E-state index in [1.807, 2.05) is 6.07 Å². The van der Waals surface area contributed by atoms with Crippen molar-refractivity contribution in [2.45, 2.75) is 20.3 Å². The smallest absolute Gasteiger partial charge is 0.282 e. The van der Waals surface area contributed by atoms with E-state index in [-0.39, 0.29) is 11.5 Å². The molecule has 170 valence electrons. The number of fused-ring (bicyclic) bond motifs is 1. The Hall–Kier alpha value is -4.54. The zero-order chi connectivity index (χ0) is 23.8. The quantitative estimate of drug-likeness (QED) is 0.370. The average Bonchev–Trinajstić information content (AvgIpc) is 3.42. The molecule has 0 atom stereocenters. The number of aryl methyl sites for hydroxylation is 1. The topological polar surface area (TPSA) is 103 Å². The van der Waals surface area contributed by atoms with Gasteiger partial charge in [0.1, 0.15) is 17.5 Å². The van der Waals surface area contributed by atoms with E-state index in [0.29, 0.717) is 45.3 Å². The summed E-state index contributed by atoms with van der Waals surface area (Å²) in [5.74, 6) is 0.369. The van der Waals surface area contributed by atoms with Gasteiger partial charge in [0.15, 0.2) is 17.2 Å². The summed E-state index contributed by atoms with van der Waals surface area (Å²) in [6, 6.07) is 11.8. The molecular formula is C23H18F2N8O. The van der Waals surface area contributed by atoms with Crippen LogP contribution in [-0.2, 0) is 0 Å². The maximum absolute atomic E-state index is 13.2. The summed E-state index contributed by atoms with van der Waals surface area (Å²) >= 11 is 0. The third kappa shape index (κ3) is 3.87. The number of rotatable bonds is 6. The van der Waals surface area contributed by atoms with Gasteiger partial charge in [-0.25, -0.2) is 23.4 Å². The lowest BCUT2D eigenvalue weighted by molar-refractivity contribution is 0.101. The molecule has 0 aliphatic rings. The molecule has 0 saturated heterocycles. The zero-order valence-electron chi connectivity index (χ0n) is 18.1. The number of nitrogens with one attached hydrogen (secondary N) is 1. The first-order valence-corrected chi connectivity index (χ1v) is 10.3. The lowest BCUT2D eigenvalue weighted by atomic mass is 10.1. The molecule has 11 heteroatoms. The molecule has 0 unspecified atom stereocenters. The Labute approximate surface area is 192 Å². The van der Waals surface area contributed by atoms with E-state index in [4.69, 9.17) is 0 Å². The fourth-order valence-electron chi connectivity index (χ4n) is 3.67. The predicted molar refractivity (Wildman–Crippen MR) is 121 cm³/mol. The molecule has 0 amide bonds. The molecule has 0 radical (unpaired) electrons. The van der Waals surface area contributed by atoms with Crippen LogP contribution in [0.3, 0.4) is 0 Å². The Bertz CT molecular complexity index is 1510. The van der Waals surface area contributed by atoms with E-state index in [0.717, 1.165) is 0 Å². The minimum absolute atomic E-state index is 0.205. The van der Waals surface area contributed by atoms with Gasteiger partial charge < -0.3 is 5.32 Å². The molecule has 1 aromatic carbocycles. The van der Waals surface area contributed by atoms with Crippen LogP contribution in [0, 0.1) is 6.92 Å². The summed E-state index contributed by atoms with van der Waals surface area (Å²) in [4.78, 5) is 21.2. The van der Waals surface area contributed by atoms with Crippen molar-refractivity contribution in [1.82, 2.24) is 34.5 Å². The van der Waals surface area contributed by atoms with Crippen LogP contribution in [0.2, 0.25) is 0 Å². The highest BCUT2D eigenvalue weighted by molar-refractivity contribution is 5.98. The van der Waals surface area contributed by atoms with Crippen LogP contribution in [0.1, 0.15) is 35.1 Å². The number of carbonyl (C=O) groups is 1. The molecule has 0 fully saturated rings. The Morgan fingerprint density at radius 1 is 1.12 bits per heavy atom. The molecule has 0 aliphatic carbocycles. The van der Waals surface area contributed by atoms with Crippen LogP contribution >= 0.6 is 0 Å². The largest absolute Gasteiger partial charge is 0.337 e. The normalized spacial score (nSPS) is 11.3. The number of benzene rings is 1. The van der Waals surface area contributed by atoms with E-state index >= 15 is 0 Å². The van der Waals surface area contributed by atoms with Gasteiger partial charge in [0.05, 0.1) is 23.3 Å². The molecule has 0 aliphatic heterocycles. The summed E-state index contributed by atoms with van der Waals surface area (Å²) < 4.78 is 29.5. The van der Waals surface area contributed by atoms with Gasteiger partial charge in [-0.05, 0) is 56.3 Å². The maximum atomic E-state index is 13.2. The number of ketones is 1. The highest BCUT2D eigenvalue weighted by Gasteiger charge is 2.19. The predicted octanol–water partition coefficient (Wildman–Crippen LogP) is 4.59. The average molecular weight is 460 g/mol. The van der Waals surface area contributed by atoms with E-state index in [1.165, 1.54) is 17.7 Å². The Kier molecular flexibility index (Phi) is 5.28. The minimum atomic E-state index is -2.71. The Balaban J connectivity index is 1.57. The molecule has 34 heavy (non-hydrogen) atoms. The van der Waals surface area contributed by atoms with Crippen molar-refractivity contribution in [3.63, 3.8) is 0 Å². The molecule has 5 rings (SSSR count). The number of aromatic nitrogens is 7. The fourth-order valence-corrected chi connectivity index (χ4v) is 3.67. The van der Waals surface area contributed by atoms with Crippen molar-refractivity contribution in [3.05, 3.63) is 78.1 Å². The van der Waals surface area contributed by atoms with Crippen LogP contribution in [-0.4, -0.2) is 40.3 Å². The lowest BCUT2D eigenvalue weighted by Gasteiger charge is -2.13. The molecule has 4 heterocycles. The minimum Gasteiger partial charge on any atom is -0.337 e. The third-order valence-corrected chi connectivity index (χ3v) is 5.23. The van der Waals surface area contributed by atoms with E-state index < -0.39 is 6.43 Å². The van der Waals surface area contributed by atoms with E-state index in [1.54, 1.807) is 60.5 Å². The summed E-state index contributed by atoms with van der Waals surface area (Å²) in [6.45, 7) is 3.08. The van der Waals surface area contributed by atoms with Gasteiger partial charge in [-0.1, -0.05) is 0 Å². The van der Waals surface area contributed by atoms with Gasteiger partial charge in [0.25, 0.3) is 6.43 Å². The number of imidazole rings is 1. The lowest BCUT2D eigenvalue weighted by Crippen LogP contribution is -2.08. The van der Waals surface area contributed by atoms with E-state index in [9.17, 15) is 13.6 Å². The highest BCUT2D eigenvalue weighted by Crippen LogP contribution is 2.27. The number of hydrogen-bond donors (Lipinski definition) is 1. The molecule has 0 saturated carbocycles. The number of Topliss-reactive ketones (excluding diaryl/α,β-unsaturated/α-hetero) is 1. The SMILES string of the molecule is CC(=O)c1ccc(-n2cnc3cc(Nc4cccnn4)cnc32)cc1-n1nc(C(F)F)cc1C. The first kappa shape index (κ1) is 21.3. The maximum Gasteiger partial charge on any atom is 0.282 e. The van der Waals surface area contributed by atoms with Crippen LogP contribution < -0.4 is 5.32 Å². The number of carbonyl (C=O) groups excluding carboxylic acids is 1. The second-order valence-corrected chi connectivity index (χ2v) is 7.60. The molecule has 0 spiro atoms. The number of pyridine rings is 1. The number of nitrogens with zero attached hydrogens (tertiary/aromatic N) is 7. The van der Waals surface area contributed by atoms with Crippen molar-refractivity contribution in [3.8, 4) is 11.4 Å². The van der Waals surface area contributed by atoms with Crippen LogP contribution in [0.4, 0.5) is 20.3 Å². The van der Waals surface area contributed by atoms with Crippen LogP contribution in [0.5, 0.6) is 0 Å². The third-order valence-electron chi connectivity index (χ3n) is 5.23. The first-order valence-electron chi connectivity index (χ1n) is 10.3. The zero-order valence-corrected chi connectivity index (χ0v) is 18.1. The number of anilines is 2. The van der Waals surface area contributed by atoms with Crippen molar-refractivity contribution < 1.29 is 13.6 Å². The standard InChI is InChI=1S/C23H18F2N8O/c1-13-8-18(22(24)25)31-33(13)20-10-16(5-6-17(20)14(2)34)32-12-27-19-9-15(11-26-23(19)32)29-21-4-3-7-28-30-21/h3-12,22H,1-2H3,(H,29,30). The monoisotopic (exact) mass is 460 g/mol. The fraction of sp³-hybridized carbons (Fsp3) is 0.130. The first-order chi connectivity index (χ1) is 16.4. The number of hydrogen-bond acceptors (Lipinski definition) is 7. The van der Waals surface area contributed by atoms with E-state index in [2.05, 4.69) is 30.6 Å². The van der Waals surface area contributed by atoms with Gasteiger partial charge >= 0.3 is 0 Å². The summed E-state index contributed by atoms with van der Waals surface area (Å²) in [5.41, 5.74) is 3.45. The number of halogens is 2. The Morgan fingerprint density at radius 3 is 2.68 bits per heavy atom. The molecular weight excluding hydrogens is 442 g/mol. The Morgan fingerprint density at radius 2 is 1.97 bits per heavy atom. The van der Waals surface area contributed by atoms with Crippen molar-refractivity contribution >= 4 is 28.5 Å². The molecule has 9 nitrogen and oxygen atoms in total. The van der Waals surface area contributed by atoms with Crippen molar-refractivity contribution in [1.29, 1.82) is 0 Å². The van der Waals surface area contributed by atoms with Crippen molar-refractivity contribution in [2.75, 3.05) is 5.32 Å². The molecule has 5 aromatic rings. The molecule has 4 aromatic heterocycles.